The number of likely N-dealkylation sites (N-methyl/N-ethyl adjacent to an activating group) is 1. The zero-order chi connectivity index (χ0) is 20.1. The van der Waals surface area contributed by atoms with Crippen LogP contribution in [-0.2, 0) is 4.79 Å². The van der Waals surface area contributed by atoms with Crippen molar-refractivity contribution >= 4 is 17.5 Å². The van der Waals surface area contributed by atoms with Crippen molar-refractivity contribution in [3.05, 3.63) is 59.2 Å². The van der Waals surface area contributed by atoms with Crippen LogP contribution < -0.4 is 10.1 Å². The van der Waals surface area contributed by atoms with E-state index in [1.807, 2.05) is 50.1 Å². The van der Waals surface area contributed by atoms with Crippen LogP contribution in [0.1, 0.15) is 21.5 Å². The summed E-state index contributed by atoms with van der Waals surface area (Å²) in [6.07, 6.45) is 0. The van der Waals surface area contributed by atoms with Gasteiger partial charge in [0.25, 0.3) is 11.8 Å². The van der Waals surface area contributed by atoms with Gasteiger partial charge in [0.2, 0.25) is 0 Å². The minimum absolute atomic E-state index is 0.0563. The number of rotatable bonds is 5. The summed E-state index contributed by atoms with van der Waals surface area (Å²) in [6, 6.07) is 13.0. The van der Waals surface area contributed by atoms with E-state index >= 15 is 0 Å². The molecule has 2 amide bonds. The van der Waals surface area contributed by atoms with E-state index in [9.17, 15) is 9.59 Å². The van der Waals surface area contributed by atoms with Crippen molar-refractivity contribution in [1.82, 2.24) is 9.80 Å². The largest absolute Gasteiger partial charge is 0.484 e. The first-order valence-corrected chi connectivity index (χ1v) is 9.50. The Labute approximate surface area is 166 Å². The lowest BCUT2D eigenvalue weighted by atomic mass is 10.1. The second-order valence-corrected chi connectivity index (χ2v) is 7.30. The average molecular weight is 381 g/mol. The van der Waals surface area contributed by atoms with Gasteiger partial charge in [-0.2, -0.15) is 0 Å². The van der Waals surface area contributed by atoms with Gasteiger partial charge in [0.05, 0.1) is 11.3 Å². The maximum atomic E-state index is 12.9. The first kappa shape index (κ1) is 19.9. The minimum Gasteiger partial charge on any atom is -0.484 e. The highest BCUT2D eigenvalue weighted by atomic mass is 16.5. The van der Waals surface area contributed by atoms with E-state index < -0.39 is 0 Å². The van der Waals surface area contributed by atoms with Gasteiger partial charge in [0, 0.05) is 26.2 Å². The monoisotopic (exact) mass is 381 g/mol. The molecule has 0 aromatic heterocycles. The number of ether oxygens (including phenoxy) is 1. The van der Waals surface area contributed by atoms with Gasteiger partial charge in [0.1, 0.15) is 5.75 Å². The highest BCUT2D eigenvalue weighted by Crippen LogP contribution is 2.19. The number of carbonyl (C=O) groups excluding carboxylic acids is 2. The summed E-state index contributed by atoms with van der Waals surface area (Å²) < 4.78 is 5.62. The molecule has 0 atom stereocenters. The topological polar surface area (TPSA) is 61.9 Å². The standard InChI is InChI=1S/C22H27N3O3/c1-16-12-17(2)14-18(13-16)28-15-21(26)23-20-7-5-4-6-19(20)22(27)25-10-8-24(3)9-11-25/h4-7,12-14H,8-11,15H2,1-3H3,(H,23,26). The number of nitrogens with zero attached hydrogens (tertiary/aromatic N) is 2. The molecule has 0 saturated carbocycles. The summed E-state index contributed by atoms with van der Waals surface area (Å²) in [5.41, 5.74) is 3.18. The van der Waals surface area contributed by atoms with E-state index in [1.54, 1.807) is 18.2 Å². The molecule has 28 heavy (non-hydrogen) atoms. The Kier molecular flexibility index (Phi) is 6.31. The molecule has 2 aromatic rings. The van der Waals surface area contributed by atoms with Crippen molar-refractivity contribution in [2.24, 2.45) is 0 Å². The maximum absolute atomic E-state index is 12.9. The van der Waals surface area contributed by atoms with E-state index in [0.29, 0.717) is 30.1 Å². The number of aryl methyl sites for hydroxylation is 2. The van der Waals surface area contributed by atoms with Crippen LogP contribution in [0.25, 0.3) is 0 Å². The van der Waals surface area contributed by atoms with Crippen LogP contribution in [-0.4, -0.2) is 61.4 Å². The molecular formula is C22H27N3O3. The van der Waals surface area contributed by atoms with E-state index in [1.165, 1.54) is 0 Å². The number of anilines is 1. The van der Waals surface area contributed by atoms with Crippen molar-refractivity contribution in [3.63, 3.8) is 0 Å². The number of piperazine rings is 1. The fraction of sp³-hybridized carbons (Fsp3) is 0.364. The molecule has 0 unspecified atom stereocenters. The highest BCUT2D eigenvalue weighted by molar-refractivity contribution is 6.04. The summed E-state index contributed by atoms with van der Waals surface area (Å²) in [7, 11) is 2.05. The van der Waals surface area contributed by atoms with Crippen LogP contribution in [0.15, 0.2) is 42.5 Å². The molecule has 148 valence electrons. The zero-order valence-corrected chi connectivity index (χ0v) is 16.7. The van der Waals surface area contributed by atoms with E-state index in [0.717, 1.165) is 24.2 Å². The van der Waals surface area contributed by atoms with Gasteiger partial charge in [-0.1, -0.05) is 18.2 Å². The Morgan fingerprint density at radius 2 is 1.64 bits per heavy atom. The molecule has 1 heterocycles. The quantitative estimate of drug-likeness (QED) is 0.865. The van der Waals surface area contributed by atoms with Crippen LogP contribution in [0.5, 0.6) is 5.75 Å². The first-order valence-electron chi connectivity index (χ1n) is 9.50. The van der Waals surface area contributed by atoms with E-state index in [4.69, 9.17) is 4.74 Å². The molecule has 6 nitrogen and oxygen atoms in total. The average Bonchev–Trinajstić information content (AvgIpc) is 2.66. The number of nitrogens with one attached hydrogen (secondary N) is 1. The lowest BCUT2D eigenvalue weighted by Crippen LogP contribution is -2.47. The Balaban J connectivity index is 1.64. The number of amides is 2. The molecule has 1 aliphatic rings. The van der Waals surface area contributed by atoms with Crippen molar-refractivity contribution < 1.29 is 14.3 Å². The predicted octanol–water partition coefficient (Wildman–Crippen LogP) is 2.71. The van der Waals surface area contributed by atoms with Gasteiger partial charge < -0.3 is 19.9 Å². The summed E-state index contributed by atoms with van der Waals surface area (Å²) in [6.45, 7) is 6.94. The van der Waals surface area contributed by atoms with Gasteiger partial charge in [-0.25, -0.2) is 0 Å². The van der Waals surface area contributed by atoms with Crippen LogP contribution >= 0.6 is 0 Å². The van der Waals surface area contributed by atoms with Crippen LogP contribution in [0, 0.1) is 13.8 Å². The van der Waals surface area contributed by atoms with Gasteiger partial charge in [-0.15, -0.1) is 0 Å². The highest BCUT2D eigenvalue weighted by Gasteiger charge is 2.22. The van der Waals surface area contributed by atoms with Crippen LogP contribution in [0.2, 0.25) is 0 Å². The molecule has 1 N–H and O–H groups in total. The summed E-state index contributed by atoms with van der Waals surface area (Å²) in [5.74, 6) is 0.312. The molecule has 6 heteroatoms. The smallest absolute Gasteiger partial charge is 0.262 e. The molecule has 0 bridgehead atoms. The second-order valence-electron chi connectivity index (χ2n) is 7.30. The van der Waals surface area contributed by atoms with Gasteiger partial charge >= 0.3 is 0 Å². The fourth-order valence-electron chi connectivity index (χ4n) is 3.31. The molecule has 0 aliphatic carbocycles. The maximum Gasteiger partial charge on any atom is 0.262 e. The minimum atomic E-state index is -0.294. The molecule has 1 aliphatic heterocycles. The zero-order valence-electron chi connectivity index (χ0n) is 16.7. The van der Waals surface area contributed by atoms with Crippen molar-refractivity contribution in [1.29, 1.82) is 0 Å². The van der Waals surface area contributed by atoms with Crippen molar-refractivity contribution in [3.8, 4) is 5.75 Å². The third-order valence-corrected chi connectivity index (χ3v) is 4.79. The van der Waals surface area contributed by atoms with Crippen molar-refractivity contribution in [2.45, 2.75) is 13.8 Å². The van der Waals surface area contributed by atoms with E-state index in [2.05, 4.69) is 10.2 Å². The normalized spacial score (nSPS) is 14.6. The first-order chi connectivity index (χ1) is 13.4. The Bertz CT molecular complexity index is 838. The molecule has 1 fully saturated rings. The summed E-state index contributed by atoms with van der Waals surface area (Å²) in [4.78, 5) is 29.3. The lowest BCUT2D eigenvalue weighted by Gasteiger charge is -2.32. The third-order valence-electron chi connectivity index (χ3n) is 4.79. The van der Waals surface area contributed by atoms with Gasteiger partial charge in [-0.3, -0.25) is 9.59 Å². The van der Waals surface area contributed by atoms with Crippen LogP contribution in [0.3, 0.4) is 0 Å². The fourth-order valence-corrected chi connectivity index (χ4v) is 3.31. The van der Waals surface area contributed by atoms with Crippen LogP contribution in [0.4, 0.5) is 5.69 Å². The summed E-state index contributed by atoms with van der Waals surface area (Å²) >= 11 is 0. The number of hydrogen-bond acceptors (Lipinski definition) is 4. The Morgan fingerprint density at radius 3 is 2.32 bits per heavy atom. The van der Waals surface area contributed by atoms with Gasteiger partial charge in [0.15, 0.2) is 6.61 Å². The lowest BCUT2D eigenvalue weighted by molar-refractivity contribution is -0.118. The third kappa shape index (κ3) is 5.10. The number of benzene rings is 2. The number of hydrogen-bond donors (Lipinski definition) is 1. The molecule has 1 saturated heterocycles. The predicted molar refractivity (Wildman–Crippen MR) is 110 cm³/mol. The SMILES string of the molecule is Cc1cc(C)cc(OCC(=O)Nc2ccccc2C(=O)N2CCN(C)CC2)c1. The summed E-state index contributed by atoms with van der Waals surface area (Å²) in [5, 5.41) is 2.82. The number of carbonyl (C=O) groups is 2. The van der Waals surface area contributed by atoms with Gasteiger partial charge in [-0.05, 0) is 56.3 Å². The molecule has 2 aromatic carbocycles. The number of para-hydroxylation sites is 1. The van der Waals surface area contributed by atoms with E-state index in [-0.39, 0.29) is 18.4 Å². The second kappa shape index (κ2) is 8.89. The molecule has 0 spiro atoms. The molecule has 3 rings (SSSR count). The molecular weight excluding hydrogens is 354 g/mol. The Hall–Kier alpha value is -2.86. The van der Waals surface area contributed by atoms with Crippen molar-refractivity contribution in [2.75, 3.05) is 45.2 Å². The Morgan fingerprint density at radius 1 is 1.00 bits per heavy atom. The molecule has 0 radical (unpaired) electrons.